The molecular weight excluding hydrogens is 450 g/mol. The van der Waals surface area contributed by atoms with Crippen LogP contribution in [0, 0.1) is 5.92 Å². The van der Waals surface area contributed by atoms with Gasteiger partial charge in [0.15, 0.2) is 0 Å². The highest BCUT2D eigenvalue weighted by molar-refractivity contribution is 7.89. The summed E-state index contributed by atoms with van der Waals surface area (Å²) >= 11 is 0. The van der Waals surface area contributed by atoms with Crippen LogP contribution in [0.15, 0.2) is 61.2 Å². The van der Waals surface area contributed by atoms with E-state index in [1.165, 1.54) is 0 Å². The van der Waals surface area contributed by atoms with Gasteiger partial charge in [-0.1, -0.05) is 37.3 Å². The predicted molar refractivity (Wildman–Crippen MR) is 136 cm³/mol. The molecule has 1 aliphatic rings. The molecule has 0 saturated carbocycles. The Bertz CT molecular complexity index is 949. The number of sulfonamides is 1. The van der Waals surface area contributed by atoms with Gasteiger partial charge in [0.05, 0.1) is 25.6 Å². The third-order valence-electron chi connectivity index (χ3n) is 6.47. The molecule has 2 aromatic rings. The lowest BCUT2D eigenvalue weighted by molar-refractivity contribution is 0.0989. The van der Waals surface area contributed by atoms with Gasteiger partial charge in [-0.2, -0.15) is 4.31 Å². The molecule has 1 fully saturated rings. The molecule has 0 N–H and O–H groups in total. The Morgan fingerprint density at radius 3 is 1.97 bits per heavy atom. The van der Waals surface area contributed by atoms with Gasteiger partial charge in [-0.3, -0.25) is 0 Å². The average Bonchev–Trinajstić information content (AvgIpc) is 3.36. The normalized spacial score (nSPS) is 17.9. The van der Waals surface area contributed by atoms with Crippen molar-refractivity contribution in [1.82, 2.24) is 4.31 Å². The quantitative estimate of drug-likeness (QED) is 0.364. The van der Waals surface area contributed by atoms with Crippen molar-refractivity contribution in [2.24, 2.45) is 5.92 Å². The van der Waals surface area contributed by atoms with Crippen molar-refractivity contribution in [2.75, 3.05) is 20.8 Å². The first kappa shape index (κ1) is 26.3. The Balaban J connectivity index is 1.93. The number of hydrogen-bond acceptors (Lipinski definition) is 5. The lowest BCUT2D eigenvalue weighted by Crippen LogP contribution is -2.42. The molecule has 1 heterocycles. The van der Waals surface area contributed by atoms with Gasteiger partial charge >= 0.3 is 0 Å². The van der Waals surface area contributed by atoms with E-state index < -0.39 is 15.3 Å². The molecule has 1 aliphatic heterocycles. The van der Waals surface area contributed by atoms with E-state index in [-0.39, 0.29) is 25.1 Å². The van der Waals surface area contributed by atoms with Crippen LogP contribution in [0.3, 0.4) is 0 Å². The zero-order valence-electron chi connectivity index (χ0n) is 20.5. The van der Waals surface area contributed by atoms with Crippen LogP contribution in [0.4, 0.5) is 0 Å². The first-order chi connectivity index (χ1) is 16.4. The summed E-state index contributed by atoms with van der Waals surface area (Å²) in [5.41, 5.74) is 1.82. The van der Waals surface area contributed by atoms with Gasteiger partial charge in [0.25, 0.3) is 0 Å². The fraction of sp³-hybridized carbons (Fsp3) is 0.481. The van der Waals surface area contributed by atoms with Gasteiger partial charge in [0.2, 0.25) is 10.0 Å². The van der Waals surface area contributed by atoms with E-state index in [4.69, 9.17) is 14.2 Å². The third kappa shape index (κ3) is 6.84. The summed E-state index contributed by atoms with van der Waals surface area (Å²) < 4.78 is 46.3. The van der Waals surface area contributed by atoms with Gasteiger partial charge in [-0.25, -0.2) is 8.42 Å². The molecule has 6 nitrogen and oxygen atoms in total. The maximum absolute atomic E-state index is 14.2. The molecule has 3 rings (SSSR count). The summed E-state index contributed by atoms with van der Waals surface area (Å²) in [4.78, 5) is 0. The molecule has 0 aromatic heterocycles. The van der Waals surface area contributed by atoms with E-state index in [1.807, 2.05) is 55.5 Å². The van der Waals surface area contributed by atoms with E-state index in [0.29, 0.717) is 19.4 Å². The fourth-order valence-corrected chi connectivity index (χ4v) is 6.65. The van der Waals surface area contributed by atoms with Crippen molar-refractivity contribution < 1.29 is 22.6 Å². The molecule has 0 unspecified atom stereocenters. The minimum absolute atomic E-state index is 0.0177. The molecule has 0 aliphatic carbocycles. The van der Waals surface area contributed by atoms with Crippen molar-refractivity contribution in [3.05, 3.63) is 72.3 Å². The number of hydrogen-bond donors (Lipinski definition) is 0. The molecule has 2 aromatic carbocycles. The highest BCUT2D eigenvalue weighted by Gasteiger charge is 2.38. The number of ether oxygens (including phenoxy) is 3. The Labute approximate surface area is 204 Å². The van der Waals surface area contributed by atoms with E-state index in [1.54, 1.807) is 24.6 Å². The van der Waals surface area contributed by atoms with Gasteiger partial charge in [0, 0.05) is 19.7 Å². The Kier molecular flexibility index (Phi) is 9.56. The van der Waals surface area contributed by atoms with Crippen LogP contribution in [0.1, 0.15) is 43.7 Å². The van der Waals surface area contributed by atoms with Crippen molar-refractivity contribution in [1.29, 1.82) is 0 Å². The molecule has 0 bridgehead atoms. The fourth-order valence-electron chi connectivity index (χ4n) is 4.45. The summed E-state index contributed by atoms with van der Waals surface area (Å²) in [5.74, 6) is 1.41. The molecule has 0 radical (unpaired) electrons. The summed E-state index contributed by atoms with van der Waals surface area (Å²) in [6.07, 6.45) is 4.81. The monoisotopic (exact) mass is 487 g/mol. The van der Waals surface area contributed by atoms with Crippen LogP contribution in [0.25, 0.3) is 0 Å². The van der Waals surface area contributed by atoms with Crippen molar-refractivity contribution in [2.45, 2.75) is 57.1 Å². The molecular formula is C27H37NO5S. The smallest absolute Gasteiger partial charge is 0.217 e. The van der Waals surface area contributed by atoms with Gasteiger partial charge in [-0.15, -0.1) is 6.58 Å². The molecule has 34 heavy (non-hydrogen) atoms. The standard InChI is InChI=1S/C27H37NO5S/c1-5-7-21(2)27(18-26-8-6-17-33-26)34(29,30)28(19-22-9-13-24(31-3)14-10-22)20-23-11-15-25(32-4)16-12-23/h5,9-16,21,26-27H,1,6-8,17-20H2,2-4H3/t21-,26-,27-/m0/s1. The van der Waals surface area contributed by atoms with Crippen LogP contribution in [0.5, 0.6) is 11.5 Å². The number of nitrogens with zero attached hydrogens (tertiary/aromatic N) is 1. The summed E-state index contributed by atoms with van der Waals surface area (Å²) in [6, 6.07) is 15.1. The number of benzene rings is 2. The van der Waals surface area contributed by atoms with Crippen LogP contribution in [-0.2, 0) is 27.8 Å². The summed E-state index contributed by atoms with van der Waals surface area (Å²) in [6.45, 7) is 7.11. The molecule has 186 valence electrons. The number of rotatable bonds is 13. The van der Waals surface area contributed by atoms with Gasteiger partial charge in [-0.05, 0) is 67.0 Å². The second-order valence-electron chi connectivity index (χ2n) is 8.92. The van der Waals surface area contributed by atoms with E-state index in [2.05, 4.69) is 6.58 Å². The zero-order valence-corrected chi connectivity index (χ0v) is 21.3. The summed E-state index contributed by atoms with van der Waals surface area (Å²) in [7, 11) is -0.422. The Hall–Kier alpha value is -2.35. The predicted octanol–water partition coefficient (Wildman–Crippen LogP) is 5.19. The average molecular weight is 488 g/mol. The lowest BCUT2D eigenvalue weighted by atomic mass is 9.98. The highest BCUT2D eigenvalue weighted by atomic mass is 32.2. The third-order valence-corrected chi connectivity index (χ3v) is 8.87. The summed E-state index contributed by atoms with van der Waals surface area (Å²) in [5, 5.41) is -0.551. The molecule has 1 saturated heterocycles. The van der Waals surface area contributed by atoms with E-state index in [9.17, 15) is 8.42 Å². The number of allylic oxidation sites excluding steroid dienone is 1. The largest absolute Gasteiger partial charge is 0.497 e. The second-order valence-corrected chi connectivity index (χ2v) is 11.1. The highest BCUT2D eigenvalue weighted by Crippen LogP contribution is 2.31. The van der Waals surface area contributed by atoms with Crippen LogP contribution >= 0.6 is 0 Å². The van der Waals surface area contributed by atoms with Crippen LogP contribution in [0.2, 0.25) is 0 Å². The van der Waals surface area contributed by atoms with Gasteiger partial charge in [0.1, 0.15) is 11.5 Å². The molecule has 7 heteroatoms. The van der Waals surface area contributed by atoms with Crippen LogP contribution < -0.4 is 9.47 Å². The molecule has 3 atom stereocenters. The first-order valence-electron chi connectivity index (χ1n) is 11.8. The first-order valence-corrected chi connectivity index (χ1v) is 13.3. The zero-order chi connectivity index (χ0) is 24.6. The second kappa shape index (κ2) is 12.4. The topological polar surface area (TPSA) is 65.1 Å². The van der Waals surface area contributed by atoms with Crippen molar-refractivity contribution in [3.8, 4) is 11.5 Å². The van der Waals surface area contributed by atoms with Gasteiger partial charge < -0.3 is 14.2 Å². The molecule has 0 spiro atoms. The Morgan fingerprint density at radius 2 is 1.56 bits per heavy atom. The Morgan fingerprint density at radius 1 is 1.03 bits per heavy atom. The maximum Gasteiger partial charge on any atom is 0.217 e. The maximum atomic E-state index is 14.2. The minimum atomic E-state index is -3.66. The SMILES string of the molecule is C=CC[C@H](C)[C@H](C[C@@H]1CCCO1)S(=O)(=O)N(Cc1ccc(OC)cc1)Cc1ccc(OC)cc1. The lowest BCUT2D eigenvalue weighted by Gasteiger charge is -2.32. The van der Waals surface area contributed by atoms with Crippen molar-refractivity contribution >= 4 is 10.0 Å². The van der Waals surface area contributed by atoms with E-state index >= 15 is 0 Å². The van der Waals surface area contributed by atoms with E-state index in [0.717, 1.165) is 35.5 Å². The van der Waals surface area contributed by atoms with Crippen molar-refractivity contribution in [3.63, 3.8) is 0 Å². The van der Waals surface area contributed by atoms with Crippen LogP contribution in [-0.4, -0.2) is 44.9 Å². The number of methoxy groups -OCH3 is 2. The minimum Gasteiger partial charge on any atom is -0.497 e. The molecule has 0 amide bonds.